The molecule has 7 heteroatoms. The van der Waals surface area contributed by atoms with E-state index in [4.69, 9.17) is 0 Å². The van der Waals surface area contributed by atoms with Crippen LogP contribution in [0.1, 0.15) is 16.1 Å². The Morgan fingerprint density at radius 1 is 1.12 bits per heavy atom. The molecule has 0 fully saturated rings. The van der Waals surface area contributed by atoms with E-state index in [2.05, 4.69) is 10.3 Å². The van der Waals surface area contributed by atoms with Gasteiger partial charge >= 0.3 is 12.0 Å². The van der Waals surface area contributed by atoms with Crippen molar-refractivity contribution >= 4 is 28.7 Å². The second-order valence-electron chi connectivity index (χ2n) is 5.16. The Bertz CT molecular complexity index is 1020. The van der Waals surface area contributed by atoms with Crippen molar-refractivity contribution in [2.45, 2.75) is 6.92 Å². The number of benzene rings is 1. The zero-order valence-corrected chi connectivity index (χ0v) is 12.7. The molecule has 0 radical (unpaired) electrons. The lowest BCUT2D eigenvalue weighted by Gasteiger charge is -2.12. The van der Waals surface area contributed by atoms with E-state index in [9.17, 15) is 19.5 Å². The Labute approximate surface area is 136 Å². The minimum absolute atomic E-state index is 0.157. The number of nitrogens with one attached hydrogen (secondary N) is 1. The molecular weight excluding hydrogens is 310 g/mol. The molecule has 0 aliphatic rings. The number of fused-ring (bicyclic) bond motifs is 1. The summed E-state index contributed by atoms with van der Waals surface area (Å²) in [6.45, 7) is 1.78. The van der Waals surface area contributed by atoms with Gasteiger partial charge in [-0.1, -0.05) is 18.2 Å². The number of nitrogens with zero attached hydrogens (tertiary/aromatic N) is 2. The van der Waals surface area contributed by atoms with Crippen LogP contribution in [0.4, 0.5) is 10.6 Å². The Morgan fingerprint density at radius 2 is 1.88 bits per heavy atom. The molecule has 0 aliphatic carbocycles. The number of rotatable bonds is 2. The number of hydrogen-bond donors (Lipinski definition) is 2. The normalized spacial score (nSPS) is 10.5. The number of aromatic nitrogens is 2. The topological polar surface area (TPSA) is 101 Å². The molecule has 120 valence electrons. The van der Waals surface area contributed by atoms with Gasteiger partial charge in [0, 0.05) is 17.3 Å². The highest BCUT2D eigenvalue weighted by atomic mass is 16.4. The second kappa shape index (κ2) is 5.96. The lowest BCUT2D eigenvalue weighted by atomic mass is 10.1. The number of para-hydroxylation sites is 1. The van der Waals surface area contributed by atoms with Gasteiger partial charge in [-0.25, -0.2) is 14.6 Å². The van der Waals surface area contributed by atoms with E-state index >= 15 is 0 Å². The number of anilines is 1. The van der Waals surface area contributed by atoms with Crippen LogP contribution >= 0.6 is 0 Å². The zero-order chi connectivity index (χ0) is 17.3. The molecule has 0 aliphatic heterocycles. The predicted octanol–water partition coefficient (Wildman–Crippen LogP) is 2.48. The molecule has 1 aromatic carbocycles. The van der Waals surface area contributed by atoms with Crippen molar-refractivity contribution in [2.75, 3.05) is 5.32 Å². The first-order valence-electron chi connectivity index (χ1n) is 7.10. The third-order valence-electron chi connectivity index (χ3n) is 3.48. The smallest absolute Gasteiger partial charge is 0.341 e. The second-order valence-corrected chi connectivity index (χ2v) is 5.16. The van der Waals surface area contributed by atoms with Crippen LogP contribution in [-0.2, 0) is 0 Å². The Hall–Kier alpha value is -3.48. The van der Waals surface area contributed by atoms with Crippen LogP contribution in [0.5, 0.6) is 0 Å². The Morgan fingerprint density at radius 3 is 2.58 bits per heavy atom. The average Bonchev–Trinajstić information content (AvgIpc) is 2.55. The summed E-state index contributed by atoms with van der Waals surface area (Å²) in [6.07, 6.45) is 1.03. The summed E-state index contributed by atoms with van der Waals surface area (Å²) in [4.78, 5) is 40.2. The molecule has 2 aromatic heterocycles. The lowest BCUT2D eigenvalue weighted by Crippen LogP contribution is -2.26. The van der Waals surface area contributed by atoms with Crippen molar-refractivity contribution in [3.8, 4) is 0 Å². The fourth-order valence-electron chi connectivity index (χ4n) is 2.38. The summed E-state index contributed by atoms with van der Waals surface area (Å²) in [5.41, 5.74) is -0.0571. The minimum atomic E-state index is -1.39. The highest BCUT2D eigenvalue weighted by Gasteiger charge is 2.17. The summed E-state index contributed by atoms with van der Waals surface area (Å²) in [5, 5.41) is 12.0. The Balaban J connectivity index is 2.14. The fraction of sp³-hybridized carbons (Fsp3) is 0.0588. The van der Waals surface area contributed by atoms with E-state index in [0.717, 1.165) is 16.5 Å². The molecule has 0 atom stereocenters. The minimum Gasteiger partial charge on any atom is -0.477 e. The molecule has 0 saturated carbocycles. The molecule has 7 nitrogen and oxygen atoms in total. The predicted molar refractivity (Wildman–Crippen MR) is 88.6 cm³/mol. The number of carboxylic acids is 1. The van der Waals surface area contributed by atoms with Gasteiger partial charge in [0.15, 0.2) is 0 Å². The molecule has 0 bridgehead atoms. The maximum Gasteiger partial charge on any atom is 0.341 e. The molecule has 24 heavy (non-hydrogen) atoms. The van der Waals surface area contributed by atoms with Gasteiger partial charge in [0.1, 0.15) is 11.4 Å². The van der Waals surface area contributed by atoms with Crippen molar-refractivity contribution in [3.05, 3.63) is 70.1 Å². The summed E-state index contributed by atoms with van der Waals surface area (Å²) >= 11 is 0. The van der Waals surface area contributed by atoms with Crippen LogP contribution in [0.2, 0.25) is 0 Å². The summed E-state index contributed by atoms with van der Waals surface area (Å²) in [5.74, 6) is -1.05. The maximum absolute atomic E-state index is 12.5. The number of carbonyl (C=O) groups is 2. The molecule has 2 N–H and O–H groups in total. The van der Waals surface area contributed by atoms with E-state index in [1.54, 1.807) is 43.3 Å². The van der Waals surface area contributed by atoms with Crippen LogP contribution < -0.4 is 10.7 Å². The van der Waals surface area contributed by atoms with Gasteiger partial charge < -0.3 is 5.11 Å². The number of pyridine rings is 2. The molecule has 0 saturated heterocycles. The van der Waals surface area contributed by atoms with Gasteiger partial charge in [0.2, 0.25) is 5.43 Å². The summed E-state index contributed by atoms with van der Waals surface area (Å²) in [6, 6.07) is 10.9. The number of aryl methyl sites for hydroxylation is 1. The first-order chi connectivity index (χ1) is 11.5. The monoisotopic (exact) mass is 323 g/mol. The molecule has 3 aromatic rings. The van der Waals surface area contributed by atoms with Gasteiger partial charge in [-0.05, 0) is 31.2 Å². The van der Waals surface area contributed by atoms with Gasteiger partial charge in [-0.2, -0.15) is 0 Å². The number of carbonyl (C=O) groups excluding carboxylic acids is 1. The largest absolute Gasteiger partial charge is 0.477 e. The maximum atomic E-state index is 12.5. The van der Waals surface area contributed by atoms with Crippen LogP contribution in [0.15, 0.2) is 53.5 Å². The van der Waals surface area contributed by atoms with E-state index in [1.165, 1.54) is 6.07 Å². The summed E-state index contributed by atoms with van der Waals surface area (Å²) in [7, 11) is 0. The first kappa shape index (κ1) is 15.4. The van der Waals surface area contributed by atoms with Gasteiger partial charge in [-0.3, -0.25) is 14.7 Å². The van der Waals surface area contributed by atoms with Crippen LogP contribution in [0.3, 0.4) is 0 Å². The SMILES string of the molecule is Cc1cccc(NC(=O)n2cc(C(=O)O)c(=O)c3ccccc32)n1. The van der Waals surface area contributed by atoms with Crippen LogP contribution in [0, 0.1) is 6.92 Å². The van der Waals surface area contributed by atoms with E-state index in [-0.39, 0.29) is 5.39 Å². The van der Waals surface area contributed by atoms with E-state index in [0.29, 0.717) is 11.3 Å². The van der Waals surface area contributed by atoms with Crippen molar-refractivity contribution in [2.24, 2.45) is 0 Å². The van der Waals surface area contributed by atoms with Gasteiger partial charge in [-0.15, -0.1) is 0 Å². The molecule has 0 unspecified atom stereocenters. The van der Waals surface area contributed by atoms with Crippen LogP contribution in [-0.4, -0.2) is 26.7 Å². The number of carboxylic acid groups (broad SMARTS) is 1. The molecule has 0 spiro atoms. The molecule has 3 rings (SSSR count). The average molecular weight is 323 g/mol. The molecule has 1 amide bonds. The van der Waals surface area contributed by atoms with Crippen molar-refractivity contribution in [1.29, 1.82) is 0 Å². The fourth-order valence-corrected chi connectivity index (χ4v) is 2.38. The standard InChI is InChI=1S/C17H13N3O4/c1-10-5-4-8-14(18-10)19-17(24)20-9-12(16(22)23)15(21)11-6-2-3-7-13(11)20/h2-9H,1H3,(H,22,23)(H,18,19,24). The number of amides is 1. The van der Waals surface area contributed by atoms with Crippen LogP contribution in [0.25, 0.3) is 10.9 Å². The number of aromatic carboxylic acids is 1. The highest BCUT2D eigenvalue weighted by molar-refractivity contribution is 6.00. The van der Waals surface area contributed by atoms with Crippen molar-refractivity contribution in [1.82, 2.24) is 9.55 Å². The quantitative estimate of drug-likeness (QED) is 0.754. The summed E-state index contributed by atoms with van der Waals surface area (Å²) < 4.78 is 1.10. The zero-order valence-electron chi connectivity index (χ0n) is 12.7. The molecule has 2 heterocycles. The first-order valence-corrected chi connectivity index (χ1v) is 7.10. The highest BCUT2D eigenvalue weighted by Crippen LogP contribution is 2.13. The van der Waals surface area contributed by atoms with Crippen molar-refractivity contribution < 1.29 is 14.7 Å². The third-order valence-corrected chi connectivity index (χ3v) is 3.48. The van der Waals surface area contributed by atoms with Crippen molar-refractivity contribution in [3.63, 3.8) is 0 Å². The van der Waals surface area contributed by atoms with Gasteiger partial charge in [0.25, 0.3) is 0 Å². The van der Waals surface area contributed by atoms with E-state index in [1.807, 2.05) is 0 Å². The number of hydrogen-bond acceptors (Lipinski definition) is 4. The molecular formula is C17H13N3O4. The Kier molecular flexibility index (Phi) is 3.83. The van der Waals surface area contributed by atoms with Gasteiger partial charge in [0.05, 0.1) is 5.52 Å². The third kappa shape index (κ3) is 2.74. The van der Waals surface area contributed by atoms with E-state index < -0.39 is 23.0 Å². The lowest BCUT2D eigenvalue weighted by molar-refractivity contribution is 0.0695.